The standard InChI is InChI=1S/C20H18ClN3O/c21-19-15-10-11-24(12-14-6-2-1-3-7-14)13-17(15)22-20(23-19)16-8-4-5-9-18(16)25/h1-9,25H,10-13H2. The van der Waals surface area contributed by atoms with Crippen LogP contribution in [0.2, 0.25) is 5.15 Å². The molecule has 0 fully saturated rings. The van der Waals surface area contributed by atoms with E-state index in [1.807, 2.05) is 12.1 Å². The first-order chi connectivity index (χ1) is 12.2. The predicted molar refractivity (Wildman–Crippen MR) is 98.4 cm³/mol. The van der Waals surface area contributed by atoms with Crippen LogP contribution >= 0.6 is 11.6 Å². The van der Waals surface area contributed by atoms with E-state index in [1.54, 1.807) is 18.2 Å². The van der Waals surface area contributed by atoms with Gasteiger partial charge in [-0.25, -0.2) is 9.97 Å². The number of aromatic nitrogens is 2. The predicted octanol–water partition coefficient (Wildman–Crippen LogP) is 4.06. The summed E-state index contributed by atoms with van der Waals surface area (Å²) in [5.41, 5.74) is 3.85. The molecule has 25 heavy (non-hydrogen) atoms. The maximum Gasteiger partial charge on any atom is 0.164 e. The van der Waals surface area contributed by atoms with Gasteiger partial charge in [0.25, 0.3) is 0 Å². The molecule has 1 aliphatic heterocycles. The van der Waals surface area contributed by atoms with Gasteiger partial charge in [-0.15, -0.1) is 0 Å². The highest BCUT2D eigenvalue weighted by Crippen LogP contribution is 2.31. The molecule has 1 aromatic heterocycles. The normalized spacial score (nSPS) is 14.3. The fraction of sp³-hybridized carbons (Fsp3) is 0.200. The van der Waals surface area contributed by atoms with Crippen LogP contribution in [0.4, 0.5) is 0 Å². The molecule has 0 atom stereocenters. The van der Waals surface area contributed by atoms with E-state index in [-0.39, 0.29) is 5.75 Å². The van der Waals surface area contributed by atoms with Gasteiger partial charge in [0.2, 0.25) is 0 Å². The highest BCUT2D eigenvalue weighted by molar-refractivity contribution is 6.30. The molecule has 0 radical (unpaired) electrons. The number of fused-ring (bicyclic) bond motifs is 1. The monoisotopic (exact) mass is 351 g/mol. The second-order valence-electron chi connectivity index (χ2n) is 6.23. The molecule has 0 amide bonds. The Morgan fingerprint density at radius 2 is 1.76 bits per heavy atom. The van der Waals surface area contributed by atoms with Gasteiger partial charge in [0.15, 0.2) is 5.82 Å². The molecule has 1 N–H and O–H groups in total. The van der Waals surface area contributed by atoms with Gasteiger partial charge < -0.3 is 5.11 Å². The summed E-state index contributed by atoms with van der Waals surface area (Å²) in [6.07, 6.45) is 0.835. The van der Waals surface area contributed by atoms with Gasteiger partial charge in [-0.1, -0.05) is 54.1 Å². The quantitative estimate of drug-likeness (QED) is 0.723. The third-order valence-electron chi connectivity index (χ3n) is 4.49. The van der Waals surface area contributed by atoms with Crippen LogP contribution in [0.25, 0.3) is 11.4 Å². The fourth-order valence-electron chi connectivity index (χ4n) is 3.20. The lowest BCUT2D eigenvalue weighted by Crippen LogP contribution is -2.31. The number of hydrogen-bond donors (Lipinski definition) is 1. The maximum absolute atomic E-state index is 10.1. The van der Waals surface area contributed by atoms with Crippen molar-refractivity contribution < 1.29 is 5.11 Å². The number of aromatic hydroxyl groups is 1. The Morgan fingerprint density at radius 3 is 2.56 bits per heavy atom. The van der Waals surface area contributed by atoms with E-state index >= 15 is 0 Å². The van der Waals surface area contributed by atoms with Crippen molar-refractivity contribution in [2.24, 2.45) is 0 Å². The average Bonchev–Trinajstić information content (AvgIpc) is 2.62. The number of rotatable bonds is 3. The zero-order valence-corrected chi connectivity index (χ0v) is 14.4. The lowest BCUT2D eigenvalue weighted by Gasteiger charge is -2.28. The first-order valence-corrected chi connectivity index (χ1v) is 8.68. The Kier molecular flexibility index (Phi) is 4.38. The van der Waals surface area contributed by atoms with Crippen LogP contribution in [0.15, 0.2) is 54.6 Å². The fourth-order valence-corrected chi connectivity index (χ4v) is 3.48. The van der Waals surface area contributed by atoms with Gasteiger partial charge in [0.1, 0.15) is 10.9 Å². The minimum absolute atomic E-state index is 0.162. The number of phenolic OH excluding ortho intramolecular Hbond substituents is 1. The SMILES string of the molecule is Oc1ccccc1-c1nc(Cl)c2c(n1)CN(Cc1ccccc1)CC2. The summed E-state index contributed by atoms with van der Waals surface area (Å²) in [5, 5.41) is 10.6. The summed E-state index contributed by atoms with van der Waals surface area (Å²) in [7, 11) is 0. The molecule has 0 unspecified atom stereocenters. The third kappa shape index (κ3) is 3.36. The van der Waals surface area contributed by atoms with Crippen LogP contribution < -0.4 is 0 Å². The molecule has 0 spiro atoms. The van der Waals surface area contributed by atoms with E-state index < -0.39 is 0 Å². The lowest BCUT2D eigenvalue weighted by atomic mass is 10.1. The number of para-hydroxylation sites is 1. The van der Waals surface area contributed by atoms with Gasteiger partial charge in [0, 0.05) is 25.2 Å². The number of benzene rings is 2. The van der Waals surface area contributed by atoms with E-state index in [0.717, 1.165) is 37.3 Å². The highest BCUT2D eigenvalue weighted by atomic mass is 35.5. The third-order valence-corrected chi connectivity index (χ3v) is 4.80. The van der Waals surface area contributed by atoms with Crippen LogP contribution in [0.5, 0.6) is 5.75 Å². The molecule has 2 heterocycles. The van der Waals surface area contributed by atoms with Crippen molar-refractivity contribution in [2.45, 2.75) is 19.5 Å². The Hall–Kier alpha value is -2.43. The summed E-state index contributed by atoms with van der Waals surface area (Å²) < 4.78 is 0. The molecule has 1 aliphatic rings. The summed E-state index contributed by atoms with van der Waals surface area (Å²) in [4.78, 5) is 11.5. The van der Waals surface area contributed by atoms with Gasteiger partial charge in [-0.05, 0) is 24.1 Å². The Balaban J connectivity index is 1.64. The van der Waals surface area contributed by atoms with Gasteiger partial charge >= 0.3 is 0 Å². The Morgan fingerprint density at radius 1 is 1.00 bits per heavy atom. The average molecular weight is 352 g/mol. The Bertz CT molecular complexity index is 899. The number of nitrogens with zero attached hydrogens (tertiary/aromatic N) is 3. The molecule has 0 saturated carbocycles. The van der Waals surface area contributed by atoms with E-state index in [0.29, 0.717) is 16.5 Å². The van der Waals surface area contributed by atoms with Crippen molar-refractivity contribution in [1.29, 1.82) is 0 Å². The number of halogens is 1. The first-order valence-electron chi connectivity index (χ1n) is 8.30. The minimum atomic E-state index is 0.162. The van der Waals surface area contributed by atoms with E-state index in [4.69, 9.17) is 16.6 Å². The lowest BCUT2D eigenvalue weighted by molar-refractivity contribution is 0.241. The van der Waals surface area contributed by atoms with Crippen LogP contribution in [0.1, 0.15) is 16.8 Å². The summed E-state index contributed by atoms with van der Waals surface area (Å²) in [6.45, 7) is 2.54. The van der Waals surface area contributed by atoms with Crippen molar-refractivity contribution in [3.63, 3.8) is 0 Å². The first kappa shape index (κ1) is 16.1. The van der Waals surface area contributed by atoms with E-state index in [1.165, 1.54) is 5.56 Å². The van der Waals surface area contributed by atoms with Crippen molar-refractivity contribution in [3.8, 4) is 17.1 Å². The Labute approximate surface area is 151 Å². The molecular weight excluding hydrogens is 334 g/mol. The van der Waals surface area contributed by atoms with Crippen molar-refractivity contribution >= 4 is 11.6 Å². The van der Waals surface area contributed by atoms with E-state index in [2.05, 4.69) is 34.1 Å². The molecule has 0 aliphatic carbocycles. The van der Waals surface area contributed by atoms with Crippen molar-refractivity contribution in [1.82, 2.24) is 14.9 Å². The zero-order chi connectivity index (χ0) is 17.2. The molecular formula is C20H18ClN3O. The van der Waals surface area contributed by atoms with Crippen LogP contribution in [-0.2, 0) is 19.5 Å². The maximum atomic E-state index is 10.1. The molecule has 3 aromatic rings. The summed E-state index contributed by atoms with van der Waals surface area (Å²) in [5.74, 6) is 0.638. The van der Waals surface area contributed by atoms with Crippen LogP contribution in [0.3, 0.4) is 0 Å². The smallest absolute Gasteiger partial charge is 0.164 e. The van der Waals surface area contributed by atoms with Crippen LogP contribution in [-0.4, -0.2) is 26.5 Å². The molecule has 0 saturated heterocycles. The zero-order valence-electron chi connectivity index (χ0n) is 13.7. The molecule has 4 nitrogen and oxygen atoms in total. The number of hydrogen-bond acceptors (Lipinski definition) is 4. The second-order valence-corrected chi connectivity index (χ2v) is 6.58. The molecule has 5 heteroatoms. The molecule has 2 aromatic carbocycles. The highest BCUT2D eigenvalue weighted by Gasteiger charge is 2.22. The summed E-state index contributed by atoms with van der Waals surface area (Å²) in [6, 6.07) is 17.5. The van der Waals surface area contributed by atoms with Gasteiger partial charge in [-0.2, -0.15) is 0 Å². The number of phenols is 1. The molecule has 0 bridgehead atoms. The van der Waals surface area contributed by atoms with Gasteiger partial charge in [-0.3, -0.25) is 4.90 Å². The van der Waals surface area contributed by atoms with E-state index in [9.17, 15) is 5.11 Å². The second kappa shape index (κ2) is 6.82. The van der Waals surface area contributed by atoms with Crippen molar-refractivity contribution in [3.05, 3.63) is 76.6 Å². The minimum Gasteiger partial charge on any atom is -0.507 e. The summed E-state index contributed by atoms with van der Waals surface area (Å²) >= 11 is 6.41. The van der Waals surface area contributed by atoms with Gasteiger partial charge in [0.05, 0.1) is 11.3 Å². The molecule has 4 rings (SSSR count). The molecule has 126 valence electrons. The topological polar surface area (TPSA) is 49.3 Å². The largest absolute Gasteiger partial charge is 0.507 e. The van der Waals surface area contributed by atoms with Crippen molar-refractivity contribution in [2.75, 3.05) is 6.54 Å². The van der Waals surface area contributed by atoms with Crippen LogP contribution in [0, 0.1) is 0 Å².